The molecule has 2 saturated carbocycles. The molecule has 0 radical (unpaired) electrons. The van der Waals surface area contributed by atoms with Crippen molar-refractivity contribution >= 4 is 0 Å². The van der Waals surface area contributed by atoms with E-state index in [0.717, 1.165) is 11.5 Å². The smallest absolute Gasteiger partial charge is 0.121 e. The Hall–Kier alpha value is -0.980. The van der Waals surface area contributed by atoms with Crippen LogP contribution in [-0.2, 0) is 0 Å². The SMILES string of the molecule is Cc1cc(C)c(O)c([C@@H]2C[C@@H]3CC[C@]2(C)C3(C)C)c1. The molecule has 1 nitrogen and oxygen atoms in total. The molecule has 2 fully saturated rings. The molecule has 1 aromatic rings. The summed E-state index contributed by atoms with van der Waals surface area (Å²) in [6.45, 7) is 11.5. The standard InChI is InChI=1S/C18H26O/c1-11-8-12(2)16(19)14(9-11)15-10-13-6-7-18(15,5)17(13,3)4/h8-9,13,15,19H,6-7,10H2,1-5H3/t13-,15-,18-/m0/s1. The van der Waals surface area contributed by atoms with E-state index in [1.165, 1.54) is 30.4 Å². The van der Waals surface area contributed by atoms with Gasteiger partial charge in [-0.2, -0.15) is 0 Å². The molecule has 1 aromatic carbocycles. The second-order valence-corrected chi connectivity index (χ2v) is 7.68. The summed E-state index contributed by atoms with van der Waals surface area (Å²) in [6, 6.07) is 4.30. The van der Waals surface area contributed by atoms with Crippen molar-refractivity contribution in [1.29, 1.82) is 0 Å². The number of phenols is 1. The van der Waals surface area contributed by atoms with Crippen LogP contribution in [0.4, 0.5) is 0 Å². The van der Waals surface area contributed by atoms with Crippen molar-refractivity contribution in [2.75, 3.05) is 0 Å². The number of hydrogen-bond donors (Lipinski definition) is 1. The van der Waals surface area contributed by atoms with Gasteiger partial charge in [-0.05, 0) is 66.9 Å². The molecule has 0 aromatic heterocycles. The molecule has 0 amide bonds. The molecule has 0 heterocycles. The van der Waals surface area contributed by atoms with E-state index in [2.05, 4.69) is 39.8 Å². The van der Waals surface area contributed by atoms with E-state index in [0.29, 0.717) is 22.5 Å². The van der Waals surface area contributed by atoms with E-state index in [4.69, 9.17) is 0 Å². The zero-order valence-electron chi connectivity index (χ0n) is 12.9. The average molecular weight is 258 g/mol. The first-order valence-electron chi connectivity index (χ1n) is 7.57. The van der Waals surface area contributed by atoms with Crippen LogP contribution >= 0.6 is 0 Å². The van der Waals surface area contributed by atoms with Gasteiger partial charge >= 0.3 is 0 Å². The lowest BCUT2D eigenvalue weighted by molar-refractivity contribution is 0.133. The summed E-state index contributed by atoms with van der Waals surface area (Å²) in [4.78, 5) is 0. The van der Waals surface area contributed by atoms with Crippen LogP contribution in [-0.4, -0.2) is 5.11 Å². The van der Waals surface area contributed by atoms with Crippen LogP contribution in [0.25, 0.3) is 0 Å². The normalized spacial score (nSPS) is 35.8. The van der Waals surface area contributed by atoms with Crippen molar-refractivity contribution in [3.05, 3.63) is 28.8 Å². The summed E-state index contributed by atoms with van der Waals surface area (Å²) < 4.78 is 0. The highest BCUT2D eigenvalue weighted by Crippen LogP contribution is 2.71. The minimum atomic E-state index is 0.343. The van der Waals surface area contributed by atoms with E-state index in [9.17, 15) is 5.11 Å². The third-order valence-corrected chi connectivity index (χ3v) is 6.64. The second kappa shape index (κ2) is 3.77. The Bertz CT molecular complexity index is 529. The maximum Gasteiger partial charge on any atom is 0.121 e. The number of hydrogen-bond acceptors (Lipinski definition) is 1. The molecular formula is C18H26O. The minimum absolute atomic E-state index is 0.343. The van der Waals surface area contributed by atoms with Crippen molar-refractivity contribution in [1.82, 2.24) is 0 Å². The highest BCUT2D eigenvalue weighted by Gasteiger charge is 2.61. The first-order valence-corrected chi connectivity index (χ1v) is 7.57. The zero-order valence-corrected chi connectivity index (χ0v) is 12.9. The van der Waals surface area contributed by atoms with Gasteiger partial charge in [0.05, 0.1) is 0 Å². The van der Waals surface area contributed by atoms with Gasteiger partial charge in [-0.15, -0.1) is 0 Å². The van der Waals surface area contributed by atoms with Gasteiger partial charge in [0.1, 0.15) is 5.75 Å². The van der Waals surface area contributed by atoms with Crippen molar-refractivity contribution in [2.45, 2.75) is 59.8 Å². The summed E-state index contributed by atoms with van der Waals surface area (Å²) in [5, 5.41) is 10.5. The van der Waals surface area contributed by atoms with Gasteiger partial charge in [0, 0.05) is 0 Å². The Labute approximate surface area is 117 Å². The van der Waals surface area contributed by atoms with E-state index in [-0.39, 0.29) is 0 Å². The highest BCUT2D eigenvalue weighted by atomic mass is 16.3. The fourth-order valence-corrected chi connectivity index (χ4v) is 4.93. The van der Waals surface area contributed by atoms with Crippen LogP contribution in [0.2, 0.25) is 0 Å². The quantitative estimate of drug-likeness (QED) is 0.756. The van der Waals surface area contributed by atoms with Gasteiger partial charge in [-0.1, -0.05) is 38.5 Å². The molecule has 2 bridgehead atoms. The summed E-state index contributed by atoms with van der Waals surface area (Å²) in [7, 11) is 0. The van der Waals surface area contributed by atoms with Crippen molar-refractivity contribution in [3.63, 3.8) is 0 Å². The maximum absolute atomic E-state index is 10.5. The summed E-state index contributed by atoms with van der Waals surface area (Å²) >= 11 is 0. The monoisotopic (exact) mass is 258 g/mol. The Morgan fingerprint density at radius 2 is 1.84 bits per heavy atom. The summed E-state index contributed by atoms with van der Waals surface area (Å²) in [5.41, 5.74) is 4.25. The summed E-state index contributed by atoms with van der Waals surface area (Å²) in [5.74, 6) is 1.89. The number of phenolic OH excluding ortho intramolecular Hbond substituents is 1. The van der Waals surface area contributed by atoms with Crippen LogP contribution in [0.1, 0.15) is 62.6 Å². The third kappa shape index (κ3) is 1.53. The number of benzene rings is 1. The molecule has 2 aliphatic rings. The Morgan fingerprint density at radius 1 is 1.16 bits per heavy atom. The molecule has 1 heteroatoms. The molecule has 3 atom stereocenters. The van der Waals surface area contributed by atoms with E-state index in [1.807, 2.05) is 6.92 Å². The van der Waals surface area contributed by atoms with Crippen LogP contribution in [0, 0.1) is 30.6 Å². The highest BCUT2D eigenvalue weighted by molar-refractivity contribution is 5.46. The van der Waals surface area contributed by atoms with Gasteiger partial charge in [-0.25, -0.2) is 0 Å². The zero-order chi connectivity index (χ0) is 14.0. The average Bonchev–Trinajstić information content (AvgIpc) is 2.66. The lowest BCUT2D eigenvalue weighted by Crippen LogP contribution is -2.31. The fraction of sp³-hybridized carbons (Fsp3) is 0.667. The number of aromatic hydroxyl groups is 1. The molecule has 3 rings (SSSR count). The number of aryl methyl sites for hydroxylation is 2. The van der Waals surface area contributed by atoms with Crippen LogP contribution < -0.4 is 0 Å². The van der Waals surface area contributed by atoms with E-state index < -0.39 is 0 Å². The first kappa shape index (κ1) is 13.0. The predicted octanol–water partition coefficient (Wildman–Crippen LogP) is 4.94. The summed E-state index contributed by atoms with van der Waals surface area (Å²) in [6.07, 6.45) is 3.92. The lowest BCUT2D eigenvalue weighted by atomic mass is 9.64. The van der Waals surface area contributed by atoms with Gasteiger partial charge in [0.2, 0.25) is 0 Å². The molecule has 2 aliphatic carbocycles. The van der Waals surface area contributed by atoms with E-state index in [1.54, 1.807) is 0 Å². The van der Waals surface area contributed by atoms with Gasteiger partial charge < -0.3 is 5.11 Å². The van der Waals surface area contributed by atoms with Crippen molar-refractivity contribution < 1.29 is 5.11 Å². The fourth-order valence-electron chi connectivity index (χ4n) is 4.93. The van der Waals surface area contributed by atoms with Crippen LogP contribution in [0.3, 0.4) is 0 Å². The Morgan fingerprint density at radius 3 is 2.37 bits per heavy atom. The first-order chi connectivity index (χ1) is 8.77. The van der Waals surface area contributed by atoms with Crippen LogP contribution in [0.5, 0.6) is 5.75 Å². The second-order valence-electron chi connectivity index (χ2n) is 7.68. The molecule has 0 saturated heterocycles. The van der Waals surface area contributed by atoms with Gasteiger partial charge in [-0.3, -0.25) is 0 Å². The maximum atomic E-state index is 10.5. The van der Waals surface area contributed by atoms with Gasteiger partial charge in [0.25, 0.3) is 0 Å². The number of fused-ring (bicyclic) bond motifs is 2. The molecule has 1 N–H and O–H groups in total. The Balaban J connectivity index is 2.11. The molecular weight excluding hydrogens is 232 g/mol. The third-order valence-electron chi connectivity index (χ3n) is 6.64. The predicted molar refractivity (Wildman–Crippen MR) is 79.6 cm³/mol. The minimum Gasteiger partial charge on any atom is -0.507 e. The van der Waals surface area contributed by atoms with Crippen molar-refractivity contribution in [3.8, 4) is 5.75 Å². The lowest BCUT2D eigenvalue weighted by Gasteiger charge is -2.40. The van der Waals surface area contributed by atoms with Crippen molar-refractivity contribution in [2.24, 2.45) is 16.7 Å². The topological polar surface area (TPSA) is 20.2 Å². The molecule has 0 unspecified atom stereocenters. The molecule has 0 spiro atoms. The van der Waals surface area contributed by atoms with Crippen LogP contribution in [0.15, 0.2) is 12.1 Å². The number of rotatable bonds is 1. The Kier molecular flexibility index (Phi) is 2.59. The molecule has 0 aliphatic heterocycles. The van der Waals surface area contributed by atoms with E-state index >= 15 is 0 Å². The largest absolute Gasteiger partial charge is 0.507 e. The van der Waals surface area contributed by atoms with Gasteiger partial charge in [0.15, 0.2) is 0 Å². The molecule has 19 heavy (non-hydrogen) atoms. The molecule has 104 valence electrons.